The molecule has 0 saturated carbocycles. The minimum absolute atomic E-state index is 0.235. The first-order chi connectivity index (χ1) is 13.0. The van der Waals surface area contributed by atoms with Crippen LogP contribution in [0.25, 0.3) is 0 Å². The van der Waals surface area contributed by atoms with Crippen LogP contribution >= 0.6 is 23.5 Å². The third kappa shape index (κ3) is 2.49. The van der Waals surface area contributed by atoms with Crippen LogP contribution < -0.4 is 11.1 Å². The molecule has 0 radical (unpaired) electrons. The van der Waals surface area contributed by atoms with Crippen LogP contribution in [0.5, 0.6) is 0 Å². The van der Waals surface area contributed by atoms with Crippen molar-refractivity contribution >= 4 is 29.4 Å². The molecule has 140 valence electrons. The minimum atomic E-state index is -1.28. The van der Waals surface area contributed by atoms with Crippen molar-refractivity contribution in [3.05, 3.63) is 47.7 Å². The van der Waals surface area contributed by atoms with E-state index in [1.807, 2.05) is 57.2 Å². The molecule has 0 saturated heterocycles. The van der Waals surface area contributed by atoms with E-state index in [9.17, 15) is 10.5 Å². The molecule has 0 amide bonds. The zero-order valence-electron chi connectivity index (χ0n) is 15.7. The van der Waals surface area contributed by atoms with E-state index >= 15 is 0 Å². The van der Waals surface area contributed by atoms with Crippen molar-refractivity contribution in [1.29, 1.82) is 10.5 Å². The first-order valence-corrected chi connectivity index (χ1v) is 10.9. The lowest BCUT2D eigenvalue weighted by molar-refractivity contribution is 0.218. The predicted octanol–water partition coefficient (Wildman–Crippen LogP) is 3.79. The van der Waals surface area contributed by atoms with Gasteiger partial charge in [0.25, 0.3) is 0 Å². The smallest absolute Gasteiger partial charge is 0.178 e. The molecule has 3 atom stereocenters. The predicted molar refractivity (Wildman–Crippen MR) is 113 cm³/mol. The molecule has 0 fully saturated rings. The Bertz CT molecular complexity index is 861. The molecule has 1 aromatic carbocycles. The second kappa shape index (κ2) is 7.14. The Balaban J connectivity index is 2.35. The molecule has 0 bridgehead atoms. The number of rotatable bonds is 5. The Morgan fingerprint density at radius 1 is 1.15 bits per heavy atom. The normalized spacial score (nSPS) is 30.9. The maximum Gasteiger partial charge on any atom is 0.178 e. The lowest BCUT2D eigenvalue weighted by atomic mass is 9.58. The van der Waals surface area contributed by atoms with Gasteiger partial charge in [-0.2, -0.15) is 10.5 Å². The molecular weight excluding hydrogens is 374 g/mol. The first kappa shape index (κ1) is 19.7. The number of aliphatic imine (C=N–C) groups is 1. The molecule has 0 unspecified atom stereocenters. The zero-order valence-corrected chi connectivity index (χ0v) is 17.3. The Labute approximate surface area is 169 Å². The van der Waals surface area contributed by atoms with Crippen molar-refractivity contribution in [2.75, 3.05) is 11.5 Å². The summed E-state index contributed by atoms with van der Waals surface area (Å²) < 4.78 is -0.846. The third-order valence-electron chi connectivity index (χ3n) is 5.20. The lowest BCUT2D eigenvalue weighted by Gasteiger charge is -2.49. The summed E-state index contributed by atoms with van der Waals surface area (Å²) in [6.07, 6.45) is 1.88. The van der Waals surface area contributed by atoms with E-state index in [4.69, 9.17) is 10.7 Å². The minimum Gasteiger partial charge on any atom is -0.386 e. The van der Waals surface area contributed by atoms with Gasteiger partial charge in [0, 0.05) is 5.70 Å². The molecule has 3 N–H and O–H groups in total. The van der Waals surface area contributed by atoms with Crippen LogP contribution in [-0.4, -0.2) is 21.5 Å². The van der Waals surface area contributed by atoms with Crippen molar-refractivity contribution in [2.45, 2.75) is 31.0 Å². The number of hydrogen-bond acceptors (Lipinski definition) is 7. The Morgan fingerprint density at radius 2 is 1.78 bits per heavy atom. The van der Waals surface area contributed by atoms with E-state index in [2.05, 4.69) is 17.5 Å². The maximum atomic E-state index is 10.5. The molecule has 27 heavy (non-hydrogen) atoms. The number of benzene rings is 1. The highest BCUT2D eigenvalue weighted by atomic mass is 32.2. The number of nitriles is 2. The lowest BCUT2D eigenvalue weighted by Crippen LogP contribution is -2.59. The van der Waals surface area contributed by atoms with E-state index in [-0.39, 0.29) is 5.84 Å². The topological polar surface area (TPSA) is 98.0 Å². The number of hydrogen-bond donors (Lipinski definition) is 2. The average Bonchev–Trinajstić information content (AvgIpc) is 2.88. The van der Waals surface area contributed by atoms with Gasteiger partial charge in [0.2, 0.25) is 0 Å². The highest BCUT2D eigenvalue weighted by Gasteiger charge is 2.74. The number of amidine groups is 1. The maximum absolute atomic E-state index is 10.5. The van der Waals surface area contributed by atoms with Gasteiger partial charge < -0.3 is 11.1 Å². The van der Waals surface area contributed by atoms with Crippen LogP contribution in [0.1, 0.15) is 32.4 Å². The second-order valence-corrected chi connectivity index (χ2v) is 9.77. The monoisotopic (exact) mass is 397 g/mol. The Kier molecular flexibility index (Phi) is 5.20. The number of nitrogens with zero attached hydrogens (tertiary/aromatic N) is 3. The molecule has 0 aliphatic carbocycles. The highest BCUT2D eigenvalue weighted by molar-refractivity contribution is 8.18. The molecule has 0 aromatic heterocycles. The molecule has 2 aliphatic heterocycles. The van der Waals surface area contributed by atoms with Gasteiger partial charge in [0.05, 0.1) is 18.2 Å². The van der Waals surface area contributed by atoms with Gasteiger partial charge in [-0.05, 0) is 30.1 Å². The number of nitrogens with two attached hydrogens (primary N) is 1. The van der Waals surface area contributed by atoms with Gasteiger partial charge >= 0.3 is 0 Å². The van der Waals surface area contributed by atoms with Crippen molar-refractivity contribution in [1.82, 2.24) is 5.32 Å². The number of allylic oxidation sites excluding steroid dienone is 1. The summed E-state index contributed by atoms with van der Waals surface area (Å²) in [6.45, 7) is 6.01. The summed E-state index contributed by atoms with van der Waals surface area (Å²) in [6, 6.07) is 14.2. The summed E-state index contributed by atoms with van der Waals surface area (Å²) in [4.78, 5) is 4.83. The van der Waals surface area contributed by atoms with Gasteiger partial charge in [-0.1, -0.05) is 44.2 Å². The quantitative estimate of drug-likeness (QED) is 0.734. The zero-order chi connectivity index (χ0) is 19.7. The molecule has 5 nitrogen and oxygen atoms in total. The van der Waals surface area contributed by atoms with E-state index in [0.717, 1.165) is 22.8 Å². The Hall–Kier alpha value is -2.09. The highest BCUT2D eigenvalue weighted by Crippen LogP contribution is 2.68. The van der Waals surface area contributed by atoms with Crippen molar-refractivity contribution < 1.29 is 0 Å². The largest absolute Gasteiger partial charge is 0.386 e. The molecule has 2 heterocycles. The fourth-order valence-corrected chi connectivity index (χ4v) is 7.31. The molecule has 0 spiro atoms. The van der Waals surface area contributed by atoms with Crippen LogP contribution in [0.4, 0.5) is 0 Å². The SMILES string of the molecule is CCSC1(SCC)N=C(N)[C@]2(C#N)[C@@H](c3ccccc3)NC(C)=C[C@@]12C#N. The third-order valence-corrected chi connectivity index (χ3v) is 8.09. The van der Waals surface area contributed by atoms with Crippen LogP contribution in [0.3, 0.4) is 0 Å². The van der Waals surface area contributed by atoms with E-state index in [0.29, 0.717) is 0 Å². The fourth-order valence-electron chi connectivity index (χ4n) is 4.17. The standard InChI is InChI=1S/C20H23N5S2/c1-4-26-20(27-5-2)18(12-21)11-14(3)24-16(15-9-7-6-8-10-15)19(18,13-22)17(23)25-20/h6-11,16,24H,4-5H2,1-3H3,(H2,23,25)/t16-,18+,19+/m1/s1. The summed E-state index contributed by atoms with van der Waals surface area (Å²) in [5.74, 6) is 1.77. The van der Waals surface area contributed by atoms with Crippen LogP contribution in [-0.2, 0) is 0 Å². The molecule has 1 aromatic rings. The van der Waals surface area contributed by atoms with Gasteiger partial charge in [-0.25, -0.2) is 4.99 Å². The van der Waals surface area contributed by atoms with Crippen LogP contribution in [0.2, 0.25) is 0 Å². The van der Waals surface area contributed by atoms with E-state index < -0.39 is 21.1 Å². The molecule has 7 heteroatoms. The van der Waals surface area contributed by atoms with Gasteiger partial charge in [-0.15, -0.1) is 23.5 Å². The molecule has 2 aliphatic rings. The summed E-state index contributed by atoms with van der Waals surface area (Å²) in [5, 5.41) is 24.4. The second-order valence-electron chi connectivity index (χ2n) is 6.60. The summed E-state index contributed by atoms with van der Waals surface area (Å²) in [5.41, 5.74) is 5.81. The first-order valence-electron chi connectivity index (χ1n) is 8.94. The fraction of sp³-hybridized carbons (Fsp3) is 0.450. The van der Waals surface area contributed by atoms with Crippen molar-refractivity contribution in [3.8, 4) is 12.1 Å². The number of thioether (sulfide) groups is 2. The van der Waals surface area contributed by atoms with Crippen molar-refractivity contribution in [3.63, 3.8) is 0 Å². The number of nitrogens with one attached hydrogen (secondary N) is 1. The van der Waals surface area contributed by atoms with Gasteiger partial charge in [-0.3, -0.25) is 0 Å². The van der Waals surface area contributed by atoms with Crippen LogP contribution in [0.15, 0.2) is 47.1 Å². The van der Waals surface area contributed by atoms with E-state index in [1.54, 1.807) is 23.5 Å². The number of fused-ring (bicyclic) bond motifs is 1. The van der Waals surface area contributed by atoms with Crippen molar-refractivity contribution in [2.24, 2.45) is 21.6 Å². The molecule has 3 rings (SSSR count). The summed E-state index contributed by atoms with van der Waals surface area (Å²) in [7, 11) is 0. The average molecular weight is 398 g/mol. The van der Waals surface area contributed by atoms with Crippen LogP contribution in [0, 0.1) is 33.5 Å². The Morgan fingerprint density at radius 3 is 2.30 bits per heavy atom. The molecular formula is C20H23N5S2. The van der Waals surface area contributed by atoms with Gasteiger partial charge in [0.1, 0.15) is 11.3 Å². The summed E-state index contributed by atoms with van der Waals surface area (Å²) >= 11 is 3.17. The van der Waals surface area contributed by atoms with E-state index in [1.165, 1.54) is 0 Å². The van der Waals surface area contributed by atoms with Gasteiger partial charge in [0.15, 0.2) is 9.62 Å².